The molecule has 0 spiro atoms. The van der Waals surface area contributed by atoms with E-state index >= 15 is 0 Å². The Bertz CT molecular complexity index is 1860. The van der Waals surface area contributed by atoms with Gasteiger partial charge in [-0.25, -0.2) is 9.59 Å². The number of carbonyl (C=O) groups excluding carboxylic acids is 4. The number of carbonyl (C=O) groups is 4. The van der Waals surface area contributed by atoms with E-state index in [0.29, 0.717) is 31.3 Å². The molecule has 5 fully saturated rings. The summed E-state index contributed by atoms with van der Waals surface area (Å²) in [5.74, 6) is -4.39. The zero-order chi connectivity index (χ0) is 41.8. The Morgan fingerprint density at radius 3 is 2.31 bits per heavy atom. The summed E-state index contributed by atoms with van der Waals surface area (Å²) in [6.07, 6.45) is 1.65. The molecule has 1 aromatic heterocycles. The van der Waals surface area contributed by atoms with E-state index in [1.54, 1.807) is 25.7 Å². The van der Waals surface area contributed by atoms with Crippen molar-refractivity contribution in [1.82, 2.24) is 25.4 Å². The summed E-state index contributed by atoms with van der Waals surface area (Å²) in [5, 5.41) is 5.63. The summed E-state index contributed by atoms with van der Waals surface area (Å²) in [6, 6.07) is 9.31. The molecule has 0 unspecified atom stereocenters. The van der Waals surface area contributed by atoms with Crippen LogP contribution in [-0.4, -0.2) is 94.9 Å². The Balaban J connectivity index is 1.08. The van der Waals surface area contributed by atoms with Crippen LogP contribution in [-0.2, 0) is 47.4 Å². The number of nitrogens with one attached hydrogen (secondary N) is 2. The Kier molecular flexibility index (Phi) is 11.3. The number of fused-ring (bicyclic) bond motifs is 1. The number of likely N-dealkylation sites (tertiary alicyclic amines) is 1. The Morgan fingerprint density at radius 2 is 1.69 bits per heavy atom. The summed E-state index contributed by atoms with van der Waals surface area (Å²) in [4.78, 5) is 62.2. The van der Waals surface area contributed by atoms with E-state index in [1.165, 1.54) is 23.2 Å². The molecule has 3 aliphatic heterocycles. The molecule has 0 radical (unpaired) electrons. The number of hydrogen-bond acceptors (Lipinski definition) is 9. The maximum absolute atomic E-state index is 14.9. The molecule has 2 saturated heterocycles. The number of hydrogen-bond donors (Lipinski definition) is 2. The fourth-order valence-electron chi connectivity index (χ4n) is 9.77. The number of rotatable bonds is 11. The molecular weight excluding hydrogens is 751 g/mol. The molecule has 6 aliphatic rings. The number of amides is 4. The number of halogens is 2. The molecule has 8 atom stereocenters. The predicted octanol–water partition coefficient (Wildman–Crippen LogP) is 5.99. The molecule has 8 rings (SSSR count). The monoisotopic (exact) mass is 807 g/mol. The standard InChI is InChI=1S/C42H56BF2N5O8/c1-8-13-33(43-57-32-19-27-18-30(40(27,5)6)41(32,7)58-43)47-35(51)29-20-28(56-38(54)49-21-25-14-9-10-15-26(25)22-49)23-50(29)36(52)34(39(2,3)4)48-37(53)55-24-42(44,45)31-16-11-12-17-46-31/h9-12,14-17,27-30,32-34H,8,13,18-24H2,1-7H3,(H,47,51)(H,48,53)/t27-,28-,29+,30-,32-,33+,34-,41+/m1/s1. The largest absolute Gasteiger partial charge is 0.481 e. The van der Waals surface area contributed by atoms with Crippen LogP contribution in [0, 0.1) is 22.7 Å². The van der Waals surface area contributed by atoms with E-state index in [-0.39, 0.29) is 24.5 Å². The molecule has 4 heterocycles. The van der Waals surface area contributed by atoms with Crippen LogP contribution in [0.25, 0.3) is 0 Å². The second-order valence-electron chi connectivity index (χ2n) is 18.6. The van der Waals surface area contributed by atoms with E-state index in [1.807, 2.05) is 31.2 Å². The zero-order valence-electron chi connectivity index (χ0n) is 34.5. The average molecular weight is 808 g/mol. The first-order valence-corrected chi connectivity index (χ1v) is 20.5. The van der Waals surface area contributed by atoms with Gasteiger partial charge in [0.15, 0.2) is 6.61 Å². The van der Waals surface area contributed by atoms with Crippen LogP contribution in [0.1, 0.15) is 97.4 Å². The van der Waals surface area contributed by atoms with Crippen LogP contribution in [0.5, 0.6) is 0 Å². The van der Waals surface area contributed by atoms with Gasteiger partial charge < -0.3 is 34.3 Å². The minimum Gasteiger partial charge on any atom is -0.444 e. The number of alkyl carbamates (subject to hydrolysis) is 1. The van der Waals surface area contributed by atoms with Gasteiger partial charge in [-0.15, -0.1) is 0 Å². The van der Waals surface area contributed by atoms with E-state index in [0.717, 1.165) is 36.5 Å². The lowest BCUT2D eigenvalue weighted by atomic mass is 9.43. The van der Waals surface area contributed by atoms with Crippen LogP contribution in [0.4, 0.5) is 18.4 Å². The van der Waals surface area contributed by atoms with Gasteiger partial charge in [0.2, 0.25) is 11.8 Å². The van der Waals surface area contributed by atoms with Gasteiger partial charge in [0.05, 0.1) is 24.2 Å². The van der Waals surface area contributed by atoms with Gasteiger partial charge in [0, 0.05) is 25.7 Å². The minimum atomic E-state index is -3.58. The number of nitrogens with zero attached hydrogens (tertiary/aromatic N) is 3. The molecule has 2 bridgehead atoms. The van der Waals surface area contributed by atoms with E-state index < -0.39 is 84.5 Å². The van der Waals surface area contributed by atoms with Crippen LogP contribution in [0.2, 0.25) is 0 Å². The lowest BCUT2D eigenvalue weighted by Crippen LogP contribution is -2.65. The van der Waals surface area contributed by atoms with Crippen molar-refractivity contribution in [3.05, 3.63) is 65.5 Å². The van der Waals surface area contributed by atoms with Crippen molar-refractivity contribution in [3.63, 3.8) is 0 Å². The normalized spacial score (nSPS) is 28.2. The molecule has 314 valence electrons. The number of ether oxygens (including phenoxy) is 2. The molecule has 58 heavy (non-hydrogen) atoms. The highest BCUT2D eigenvalue weighted by atomic mass is 19.3. The summed E-state index contributed by atoms with van der Waals surface area (Å²) in [7, 11) is -0.701. The first-order chi connectivity index (χ1) is 27.3. The van der Waals surface area contributed by atoms with Crippen LogP contribution in [0.3, 0.4) is 0 Å². The Labute approximate surface area is 339 Å². The Hall–Kier alpha value is -4.31. The van der Waals surface area contributed by atoms with Crippen LogP contribution < -0.4 is 10.6 Å². The second kappa shape index (κ2) is 15.7. The third-order valence-corrected chi connectivity index (χ3v) is 13.2. The van der Waals surface area contributed by atoms with Crippen LogP contribution >= 0.6 is 0 Å². The highest BCUT2D eigenvalue weighted by Crippen LogP contribution is 2.65. The number of aromatic nitrogens is 1. The molecule has 2 aromatic rings. The van der Waals surface area contributed by atoms with E-state index in [9.17, 15) is 28.0 Å². The topological polar surface area (TPSA) is 149 Å². The molecule has 13 nitrogen and oxygen atoms in total. The fraction of sp³-hybridized carbons (Fsp3) is 0.643. The summed E-state index contributed by atoms with van der Waals surface area (Å²) in [5.41, 5.74) is 0.122. The van der Waals surface area contributed by atoms with Crippen molar-refractivity contribution in [2.45, 2.75) is 135 Å². The molecule has 3 saturated carbocycles. The van der Waals surface area contributed by atoms with Crippen molar-refractivity contribution >= 4 is 31.1 Å². The Morgan fingerprint density at radius 1 is 1.00 bits per heavy atom. The van der Waals surface area contributed by atoms with Crippen molar-refractivity contribution < 1.29 is 46.7 Å². The van der Waals surface area contributed by atoms with Gasteiger partial charge in [-0.2, -0.15) is 8.78 Å². The number of pyridine rings is 1. The third-order valence-electron chi connectivity index (χ3n) is 13.2. The summed E-state index contributed by atoms with van der Waals surface area (Å²) < 4.78 is 53.9. The third kappa shape index (κ3) is 8.02. The highest BCUT2D eigenvalue weighted by molar-refractivity contribution is 6.48. The van der Waals surface area contributed by atoms with Gasteiger partial charge in [-0.05, 0) is 72.1 Å². The highest BCUT2D eigenvalue weighted by Gasteiger charge is 2.68. The molecule has 4 amide bonds. The maximum atomic E-state index is 14.9. The number of benzene rings is 1. The van der Waals surface area contributed by atoms with Gasteiger partial charge in [-0.3, -0.25) is 19.5 Å². The molecule has 16 heteroatoms. The van der Waals surface area contributed by atoms with Crippen LogP contribution in [0.15, 0.2) is 48.7 Å². The lowest BCUT2D eigenvalue weighted by molar-refractivity contribution is -0.199. The lowest BCUT2D eigenvalue weighted by Gasteiger charge is -2.64. The SMILES string of the molecule is CCC[C@H](NC(=O)[C@@H]1C[C@@H](OC(=O)N2Cc3ccccc3C2)CN1C(=O)[C@@H](NC(=O)OCC(F)(F)c1ccccn1)C(C)(C)C)B1O[C@@H]2C[C@H]3C[C@H](C3(C)C)[C@]2(C)O1. The predicted molar refractivity (Wildman–Crippen MR) is 209 cm³/mol. The fourth-order valence-corrected chi connectivity index (χ4v) is 9.77. The summed E-state index contributed by atoms with van der Waals surface area (Å²) in [6.45, 7) is 13.1. The van der Waals surface area contributed by atoms with E-state index in [2.05, 4.69) is 36.4 Å². The van der Waals surface area contributed by atoms with Gasteiger partial charge in [-0.1, -0.05) is 78.3 Å². The molecular formula is C42H56BF2N5O8. The first kappa shape index (κ1) is 41.8. The smallest absolute Gasteiger partial charge is 0.444 e. The molecule has 1 aromatic carbocycles. The minimum absolute atomic E-state index is 0.00871. The van der Waals surface area contributed by atoms with Crippen molar-refractivity contribution in [1.29, 1.82) is 0 Å². The number of alkyl halides is 2. The van der Waals surface area contributed by atoms with Gasteiger partial charge in [0.1, 0.15) is 23.9 Å². The second-order valence-corrected chi connectivity index (χ2v) is 18.6. The van der Waals surface area contributed by atoms with E-state index in [4.69, 9.17) is 18.8 Å². The summed E-state index contributed by atoms with van der Waals surface area (Å²) >= 11 is 0. The van der Waals surface area contributed by atoms with Gasteiger partial charge >= 0.3 is 25.2 Å². The maximum Gasteiger partial charge on any atom is 0.481 e. The molecule has 2 N–H and O–H groups in total. The van der Waals surface area contributed by atoms with Crippen molar-refractivity contribution in [2.24, 2.45) is 22.7 Å². The van der Waals surface area contributed by atoms with Crippen molar-refractivity contribution in [2.75, 3.05) is 13.2 Å². The quantitative estimate of drug-likeness (QED) is 0.262. The van der Waals surface area contributed by atoms with Crippen molar-refractivity contribution in [3.8, 4) is 0 Å². The first-order valence-electron chi connectivity index (χ1n) is 20.5. The molecule has 3 aliphatic carbocycles. The van der Waals surface area contributed by atoms with Gasteiger partial charge in [0.25, 0.3) is 0 Å². The average Bonchev–Trinajstić information content (AvgIpc) is 3.90. The zero-order valence-corrected chi connectivity index (χ0v) is 34.5.